The van der Waals surface area contributed by atoms with Crippen LogP contribution in [0.15, 0.2) is 42.7 Å². The van der Waals surface area contributed by atoms with E-state index in [9.17, 15) is 9.90 Å². The summed E-state index contributed by atoms with van der Waals surface area (Å²) < 4.78 is 2.10. The summed E-state index contributed by atoms with van der Waals surface area (Å²) in [6, 6.07) is 10.2. The predicted octanol–water partition coefficient (Wildman–Crippen LogP) is 1.66. The van der Waals surface area contributed by atoms with E-state index in [0.29, 0.717) is 31.6 Å². The maximum absolute atomic E-state index is 12.6. The lowest BCUT2D eigenvalue weighted by Crippen LogP contribution is -2.48. The van der Waals surface area contributed by atoms with Gasteiger partial charge in [0, 0.05) is 31.2 Å². The molecular formula is C18H21N5O2. The zero-order valence-corrected chi connectivity index (χ0v) is 13.9. The molecule has 7 heteroatoms. The Balaban J connectivity index is 1.42. The summed E-state index contributed by atoms with van der Waals surface area (Å²) in [6.45, 7) is 1.57. The summed E-state index contributed by atoms with van der Waals surface area (Å²) in [7, 11) is 0. The molecule has 0 saturated carbocycles. The standard InChI is InChI=1S/C18H21N5O2/c24-17(7-11-22-10-6-14-4-1-2-5-15(14)22)23-9-3-8-18(25,13-23)16-12-19-21-20-16/h1-2,4-6,10,12,25H,3,7-9,11,13H2,(H,19,20,21)/t18-/m1/s1. The van der Waals surface area contributed by atoms with Gasteiger partial charge in [-0.05, 0) is 30.4 Å². The van der Waals surface area contributed by atoms with E-state index in [1.54, 1.807) is 4.90 Å². The number of piperidine rings is 1. The number of nitrogens with zero attached hydrogens (tertiary/aromatic N) is 4. The Morgan fingerprint density at radius 1 is 1.32 bits per heavy atom. The second-order valence-electron chi connectivity index (χ2n) is 6.62. The minimum atomic E-state index is -1.11. The van der Waals surface area contributed by atoms with Crippen LogP contribution >= 0.6 is 0 Å². The lowest BCUT2D eigenvalue weighted by Gasteiger charge is -2.38. The highest BCUT2D eigenvalue weighted by atomic mass is 16.3. The van der Waals surface area contributed by atoms with Gasteiger partial charge < -0.3 is 14.6 Å². The fourth-order valence-corrected chi connectivity index (χ4v) is 3.59. The third kappa shape index (κ3) is 3.02. The number of carbonyl (C=O) groups excluding carboxylic acids is 1. The maximum Gasteiger partial charge on any atom is 0.224 e. The molecule has 1 aromatic carbocycles. The Hall–Kier alpha value is -2.67. The number of carbonyl (C=O) groups is 1. The summed E-state index contributed by atoms with van der Waals surface area (Å²) in [6.07, 6.45) is 5.29. The number of aliphatic hydroxyl groups is 1. The third-order valence-corrected chi connectivity index (χ3v) is 4.96. The molecule has 2 N–H and O–H groups in total. The van der Waals surface area contributed by atoms with Crippen molar-refractivity contribution in [1.29, 1.82) is 0 Å². The SMILES string of the molecule is O=C(CCn1ccc2ccccc21)N1CCC[C@](O)(c2cn[nH]n2)C1. The lowest BCUT2D eigenvalue weighted by atomic mass is 9.90. The molecule has 1 fully saturated rings. The van der Waals surface area contributed by atoms with Crippen molar-refractivity contribution >= 4 is 16.8 Å². The number of hydrogen-bond donors (Lipinski definition) is 2. The molecule has 1 atom stereocenters. The number of hydrogen-bond acceptors (Lipinski definition) is 4. The van der Waals surface area contributed by atoms with Crippen LogP contribution in [0.25, 0.3) is 10.9 Å². The molecule has 1 aliphatic rings. The van der Waals surface area contributed by atoms with E-state index in [0.717, 1.165) is 11.9 Å². The second kappa shape index (κ2) is 6.33. The summed E-state index contributed by atoms with van der Waals surface area (Å²) in [4.78, 5) is 14.4. The highest BCUT2D eigenvalue weighted by Crippen LogP contribution is 2.30. The van der Waals surface area contributed by atoms with Crippen molar-refractivity contribution in [3.8, 4) is 0 Å². The van der Waals surface area contributed by atoms with Crippen LogP contribution in [-0.4, -0.2) is 49.0 Å². The average molecular weight is 339 g/mol. The monoisotopic (exact) mass is 339 g/mol. The number of likely N-dealkylation sites (tertiary alicyclic amines) is 1. The van der Waals surface area contributed by atoms with Gasteiger partial charge in [0.25, 0.3) is 0 Å². The van der Waals surface area contributed by atoms with Crippen molar-refractivity contribution in [2.75, 3.05) is 13.1 Å². The van der Waals surface area contributed by atoms with E-state index < -0.39 is 5.60 Å². The first-order valence-corrected chi connectivity index (χ1v) is 8.56. The predicted molar refractivity (Wildman–Crippen MR) is 92.6 cm³/mol. The number of para-hydroxylation sites is 1. The number of aromatic amines is 1. The van der Waals surface area contributed by atoms with E-state index in [2.05, 4.69) is 38.2 Å². The van der Waals surface area contributed by atoms with Gasteiger partial charge >= 0.3 is 0 Å². The molecule has 0 aliphatic carbocycles. The van der Waals surface area contributed by atoms with Crippen LogP contribution in [0, 0.1) is 0 Å². The first-order valence-electron chi connectivity index (χ1n) is 8.56. The molecule has 25 heavy (non-hydrogen) atoms. The zero-order valence-electron chi connectivity index (χ0n) is 13.9. The molecule has 3 heterocycles. The van der Waals surface area contributed by atoms with Gasteiger partial charge in [-0.25, -0.2) is 0 Å². The van der Waals surface area contributed by atoms with Crippen LogP contribution in [0.5, 0.6) is 0 Å². The van der Waals surface area contributed by atoms with Gasteiger partial charge in [0.2, 0.25) is 5.91 Å². The van der Waals surface area contributed by atoms with Crippen molar-refractivity contribution in [3.05, 3.63) is 48.4 Å². The van der Waals surface area contributed by atoms with E-state index in [4.69, 9.17) is 0 Å². The largest absolute Gasteiger partial charge is 0.382 e. The zero-order chi connectivity index (χ0) is 17.3. The number of aromatic nitrogens is 4. The van der Waals surface area contributed by atoms with Gasteiger partial charge in [-0.15, -0.1) is 0 Å². The molecular weight excluding hydrogens is 318 g/mol. The van der Waals surface area contributed by atoms with Crippen LogP contribution in [0.3, 0.4) is 0 Å². The molecule has 0 radical (unpaired) electrons. The van der Waals surface area contributed by atoms with E-state index in [1.807, 2.05) is 18.3 Å². The van der Waals surface area contributed by atoms with Gasteiger partial charge in [0.05, 0.1) is 12.7 Å². The third-order valence-electron chi connectivity index (χ3n) is 4.96. The van der Waals surface area contributed by atoms with Crippen LogP contribution in [0.2, 0.25) is 0 Å². The highest BCUT2D eigenvalue weighted by Gasteiger charge is 2.38. The second-order valence-corrected chi connectivity index (χ2v) is 6.62. The Kier molecular flexibility index (Phi) is 4.01. The van der Waals surface area contributed by atoms with Crippen molar-refractivity contribution in [2.45, 2.75) is 31.4 Å². The van der Waals surface area contributed by atoms with Gasteiger partial charge in [-0.3, -0.25) is 4.79 Å². The number of amides is 1. The summed E-state index contributed by atoms with van der Waals surface area (Å²) in [5.41, 5.74) is 0.524. The Morgan fingerprint density at radius 2 is 2.20 bits per heavy atom. The van der Waals surface area contributed by atoms with Crippen molar-refractivity contribution in [3.63, 3.8) is 0 Å². The number of nitrogens with one attached hydrogen (secondary N) is 1. The molecule has 1 aliphatic heterocycles. The van der Waals surface area contributed by atoms with E-state index >= 15 is 0 Å². The minimum Gasteiger partial charge on any atom is -0.382 e. The van der Waals surface area contributed by atoms with Gasteiger partial charge in [-0.2, -0.15) is 15.4 Å². The van der Waals surface area contributed by atoms with Crippen molar-refractivity contribution in [1.82, 2.24) is 24.9 Å². The first kappa shape index (κ1) is 15.8. The maximum atomic E-state index is 12.6. The van der Waals surface area contributed by atoms with Crippen molar-refractivity contribution in [2.24, 2.45) is 0 Å². The van der Waals surface area contributed by atoms with E-state index in [1.165, 1.54) is 11.6 Å². The summed E-state index contributed by atoms with van der Waals surface area (Å²) in [5, 5.41) is 22.3. The van der Waals surface area contributed by atoms with Gasteiger partial charge in [-0.1, -0.05) is 18.2 Å². The number of rotatable bonds is 4. The molecule has 0 unspecified atom stereocenters. The van der Waals surface area contributed by atoms with Crippen LogP contribution in [0.4, 0.5) is 0 Å². The summed E-state index contributed by atoms with van der Waals surface area (Å²) in [5.74, 6) is 0.0550. The highest BCUT2D eigenvalue weighted by molar-refractivity contribution is 5.80. The molecule has 3 aromatic rings. The van der Waals surface area contributed by atoms with Gasteiger partial charge in [0.1, 0.15) is 11.3 Å². The number of fused-ring (bicyclic) bond motifs is 1. The normalized spacial score (nSPS) is 20.9. The molecule has 130 valence electrons. The first-order chi connectivity index (χ1) is 12.2. The van der Waals surface area contributed by atoms with E-state index in [-0.39, 0.29) is 12.5 Å². The van der Waals surface area contributed by atoms with Crippen LogP contribution in [0.1, 0.15) is 25.0 Å². The molecule has 7 nitrogen and oxygen atoms in total. The molecule has 0 spiro atoms. The molecule has 1 amide bonds. The number of aryl methyl sites for hydroxylation is 1. The number of β-amino-alcohol motifs (C(OH)–C–C–N with tert-alkyl or cyclic N) is 1. The lowest BCUT2D eigenvalue weighted by molar-refractivity contribution is -0.139. The molecule has 4 rings (SSSR count). The average Bonchev–Trinajstić information content (AvgIpc) is 3.30. The number of H-pyrrole nitrogens is 1. The summed E-state index contributed by atoms with van der Waals surface area (Å²) >= 11 is 0. The smallest absolute Gasteiger partial charge is 0.224 e. The molecule has 1 saturated heterocycles. The molecule has 0 bridgehead atoms. The van der Waals surface area contributed by atoms with Gasteiger partial charge in [0.15, 0.2) is 0 Å². The topological polar surface area (TPSA) is 87.0 Å². The fraction of sp³-hybridized carbons (Fsp3) is 0.389. The number of benzene rings is 1. The van der Waals surface area contributed by atoms with Crippen molar-refractivity contribution < 1.29 is 9.90 Å². The Morgan fingerprint density at radius 3 is 3.04 bits per heavy atom. The quantitative estimate of drug-likeness (QED) is 0.757. The Labute approximate surface area is 145 Å². The van der Waals surface area contributed by atoms with Crippen LogP contribution in [-0.2, 0) is 16.9 Å². The molecule has 2 aromatic heterocycles. The Bertz CT molecular complexity index is 873. The van der Waals surface area contributed by atoms with Crippen LogP contribution < -0.4 is 0 Å². The fourth-order valence-electron chi connectivity index (χ4n) is 3.59. The minimum absolute atomic E-state index is 0.0550.